The van der Waals surface area contributed by atoms with Gasteiger partial charge in [0, 0.05) is 19.6 Å². The van der Waals surface area contributed by atoms with Gasteiger partial charge in [-0.15, -0.1) is 10.2 Å². The minimum atomic E-state index is -3.06. The summed E-state index contributed by atoms with van der Waals surface area (Å²) < 4.78 is 37.3. The third-order valence-corrected chi connectivity index (χ3v) is 8.44. The van der Waals surface area contributed by atoms with Crippen molar-refractivity contribution < 1.29 is 22.7 Å². The summed E-state index contributed by atoms with van der Waals surface area (Å²) in [5.74, 6) is 2.06. The van der Waals surface area contributed by atoms with E-state index in [0.717, 1.165) is 0 Å². The molecular weight excluding hydrogens is 440 g/mol. The summed E-state index contributed by atoms with van der Waals surface area (Å²) in [4.78, 5) is 14.7. The number of hydrogen-bond donors (Lipinski definition) is 0. The van der Waals surface area contributed by atoms with Crippen LogP contribution in [0.3, 0.4) is 0 Å². The van der Waals surface area contributed by atoms with Crippen LogP contribution in [0, 0.1) is 0 Å². The van der Waals surface area contributed by atoms with Crippen molar-refractivity contribution in [1.82, 2.24) is 19.7 Å². The average molecular weight is 467 g/mol. The maximum absolute atomic E-state index is 13.0. The number of thioether (sulfide) groups is 1. The number of benzene rings is 1. The Labute approximate surface area is 186 Å². The van der Waals surface area contributed by atoms with Gasteiger partial charge in [-0.05, 0) is 32.4 Å². The van der Waals surface area contributed by atoms with Gasteiger partial charge in [-0.1, -0.05) is 23.9 Å². The zero-order valence-corrected chi connectivity index (χ0v) is 19.4. The van der Waals surface area contributed by atoms with Gasteiger partial charge in [0.1, 0.15) is 6.61 Å². The van der Waals surface area contributed by atoms with Crippen LogP contribution in [-0.2, 0) is 21.7 Å². The molecule has 0 saturated carbocycles. The standard InChI is InChI=1S/C20H26N4O5S2/c1-4-24(14-9-10-31(26,27)12-14)19(25)13(2)30-20-22-21-18(23(20)3)17-11-28-15-7-5-6-8-16(15)29-17/h5-8,13-14,17H,4,9-12H2,1-3H3/t13-,14+,17+/m0/s1. The number of para-hydroxylation sites is 2. The Hall–Kier alpha value is -2.27. The highest BCUT2D eigenvalue weighted by Gasteiger charge is 2.36. The molecule has 0 radical (unpaired) electrons. The second kappa shape index (κ2) is 8.70. The van der Waals surface area contributed by atoms with Crippen LogP contribution in [0.25, 0.3) is 0 Å². The van der Waals surface area contributed by atoms with Crippen LogP contribution >= 0.6 is 11.8 Å². The zero-order valence-electron chi connectivity index (χ0n) is 17.7. The molecule has 1 aromatic heterocycles. The molecule has 9 nitrogen and oxygen atoms in total. The average Bonchev–Trinajstić information content (AvgIpc) is 3.30. The molecule has 4 rings (SSSR count). The second-order valence-electron chi connectivity index (χ2n) is 7.71. The zero-order chi connectivity index (χ0) is 22.2. The lowest BCUT2D eigenvalue weighted by Crippen LogP contribution is -2.44. The molecule has 0 bridgehead atoms. The number of aromatic nitrogens is 3. The molecule has 0 aliphatic carbocycles. The number of sulfone groups is 1. The van der Waals surface area contributed by atoms with E-state index in [9.17, 15) is 13.2 Å². The summed E-state index contributed by atoms with van der Waals surface area (Å²) >= 11 is 1.30. The van der Waals surface area contributed by atoms with Gasteiger partial charge in [-0.3, -0.25) is 4.79 Å². The van der Waals surface area contributed by atoms with Gasteiger partial charge in [0.25, 0.3) is 0 Å². The fraction of sp³-hybridized carbons (Fsp3) is 0.550. The van der Waals surface area contributed by atoms with E-state index in [0.29, 0.717) is 42.1 Å². The molecule has 2 aromatic rings. The Bertz CT molecular complexity index is 1070. The lowest BCUT2D eigenvalue weighted by molar-refractivity contribution is -0.131. The summed E-state index contributed by atoms with van der Waals surface area (Å²) in [7, 11) is -1.23. The van der Waals surface area contributed by atoms with Crippen molar-refractivity contribution in [3.8, 4) is 11.5 Å². The fourth-order valence-electron chi connectivity index (χ4n) is 3.91. The van der Waals surface area contributed by atoms with Crippen LogP contribution in [0.1, 0.15) is 32.2 Å². The Morgan fingerprint density at radius 1 is 1.32 bits per heavy atom. The molecule has 11 heteroatoms. The highest BCUT2D eigenvalue weighted by molar-refractivity contribution is 8.00. The summed E-state index contributed by atoms with van der Waals surface area (Å²) in [5.41, 5.74) is 0. The quantitative estimate of drug-likeness (QED) is 0.594. The third-order valence-electron chi connectivity index (χ3n) is 5.57. The van der Waals surface area contributed by atoms with Gasteiger partial charge >= 0.3 is 0 Å². The molecule has 168 valence electrons. The van der Waals surface area contributed by atoms with E-state index in [1.807, 2.05) is 49.7 Å². The Morgan fingerprint density at radius 2 is 2.06 bits per heavy atom. The highest BCUT2D eigenvalue weighted by Crippen LogP contribution is 2.36. The molecule has 1 amide bonds. The summed E-state index contributed by atoms with van der Waals surface area (Å²) in [6, 6.07) is 7.21. The maximum Gasteiger partial charge on any atom is 0.236 e. The molecule has 1 saturated heterocycles. The molecule has 3 heterocycles. The first-order chi connectivity index (χ1) is 14.8. The lowest BCUT2D eigenvalue weighted by Gasteiger charge is -2.29. The molecule has 0 unspecified atom stereocenters. The van der Waals surface area contributed by atoms with Gasteiger partial charge in [0.2, 0.25) is 5.91 Å². The minimum absolute atomic E-state index is 0.0402. The lowest BCUT2D eigenvalue weighted by atomic mass is 10.2. The molecule has 2 aliphatic rings. The van der Waals surface area contributed by atoms with E-state index in [1.165, 1.54) is 11.8 Å². The fourth-order valence-corrected chi connectivity index (χ4v) is 6.54. The van der Waals surface area contributed by atoms with Gasteiger partial charge in [0.05, 0.1) is 16.8 Å². The largest absolute Gasteiger partial charge is 0.485 e. The maximum atomic E-state index is 13.0. The monoisotopic (exact) mass is 466 g/mol. The predicted molar refractivity (Wildman–Crippen MR) is 116 cm³/mol. The first-order valence-corrected chi connectivity index (χ1v) is 12.9. The molecule has 0 spiro atoms. The normalized spacial score (nSPS) is 22.8. The van der Waals surface area contributed by atoms with Gasteiger partial charge in [-0.2, -0.15) is 0 Å². The van der Waals surface area contributed by atoms with Gasteiger partial charge in [0.15, 0.2) is 38.4 Å². The van der Waals surface area contributed by atoms with Crippen molar-refractivity contribution in [2.24, 2.45) is 7.05 Å². The predicted octanol–water partition coefficient (Wildman–Crippen LogP) is 1.84. The number of rotatable bonds is 6. The minimum Gasteiger partial charge on any atom is -0.485 e. The number of nitrogens with zero attached hydrogens (tertiary/aromatic N) is 4. The molecule has 0 N–H and O–H groups in total. The topological polar surface area (TPSA) is 104 Å². The van der Waals surface area contributed by atoms with Crippen molar-refractivity contribution in [3.63, 3.8) is 0 Å². The van der Waals surface area contributed by atoms with Crippen molar-refractivity contribution in [3.05, 3.63) is 30.1 Å². The molecule has 2 aliphatic heterocycles. The number of ether oxygens (including phenoxy) is 2. The van der Waals surface area contributed by atoms with Crippen LogP contribution < -0.4 is 9.47 Å². The summed E-state index contributed by atoms with van der Waals surface area (Å²) in [6.07, 6.45) is 0.0945. The van der Waals surface area contributed by atoms with Gasteiger partial charge < -0.3 is 18.9 Å². The Morgan fingerprint density at radius 3 is 2.74 bits per heavy atom. The second-order valence-corrected chi connectivity index (χ2v) is 11.2. The van der Waals surface area contributed by atoms with Crippen molar-refractivity contribution in [2.75, 3.05) is 24.7 Å². The van der Waals surface area contributed by atoms with E-state index in [1.54, 1.807) is 4.90 Å². The SMILES string of the molecule is CCN(C(=O)[C@H](C)Sc1nnc([C@H]2COc3ccccc3O2)n1C)[C@@H]1CCS(=O)(=O)C1. The van der Waals surface area contributed by atoms with Crippen molar-refractivity contribution in [2.45, 2.75) is 42.8 Å². The molecule has 1 aromatic carbocycles. The third kappa shape index (κ3) is 4.52. The molecule has 3 atom stereocenters. The number of fused-ring (bicyclic) bond motifs is 1. The number of amides is 1. The Balaban J connectivity index is 1.44. The van der Waals surface area contributed by atoms with Crippen LogP contribution in [0.2, 0.25) is 0 Å². The molecular formula is C20H26N4O5S2. The highest BCUT2D eigenvalue weighted by atomic mass is 32.2. The van der Waals surface area contributed by atoms with Crippen LogP contribution in [0.5, 0.6) is 11.5 Å². The Kier molecular flexibility index (Phi) is 6.16. The van der Waals surface area contributed by atoms with Crippen molar-refractivity contribution >= 4 is 27.5 Å². The van der Waals surface area contributed by atoms with E-state index in [4.69, 9.17) is 9.47 Å². The number of hydrogen-bond acceptors (Lipinski definition) is 8. The van der Waals surface area contributed by atoms with Crippen LogP contribution in [0.15, 0.2) is 29.4 Å². The van der Waals surface area contributed by atoms with Crippen LogP contribution in [-0.4, -0.2) is 69.9 Å². The molecule has 1 fully saturated rings. The summed E-state index contributed by atoms with van der Waals surface area (Å²) in [5, 5.41) is 8.68. The number of carbonyl (C=O) groups is 1. The van der Waals surface area contributed by atoms with E-state index >= 15 is 0 Å². The van der Waals surface area contributed by atoms with Crippen molar-refractivity contribution in [1.29, 1.82) is 0 Å². The van der Waals surface area contributed by atoms with E-state index in [2.05, 4.69) is 10.2 Å². The number of carbonyl (C=O) groups excluding carboxylic acids is 1. The van der Waals surface area contributed by atoms with E-state index < -0.39 is 21.2 Å². The van der Waals surface area contributed by atoms with Gasteiger partial charge in [-0.25, -0.2) is 8.42 Å². The van der Waals surface area contributed by atoms with Crippen LogP contribution in [0.4, 0.5) is 0 Å². The summed E-state index contributed by atoms with van der Waals surface area (Å²) in [6.45, 7) is 4.48. The van der Waals surface area contributed by atoms with E-state index in [-0.39, 0.29) is 23.5 Å². The smallest absolute Gasteiger partial charge is 0.236 e. The first kappa shape index (κ1) is 21.9. The first-order valence-electron chi connectivity index (χ1n) is 10.2. The molecule has 31 heavy (non-hydrogen) atoms.